The molecule has 0 amide bonds. The fourth-order valence-electron chi connectivity index (χ4n) is 9.57. The van der Waals surface area contributed by atoms with E-state index in [0.29, 0.717) is 49.2 Å². The Morgan fingerprint density at radius 1 is 0.272 bits per heavy atom. The standard InChI is InChI=1S/2C21H29NO2.6C7H7.2Zr/c2*1-6-7-22(12-18-10-14(2)8-16(4)20(18)23)13-19-11-15(3)9-17(5)21(19)24;6*1-7-5-3-2-4-6-7;;/h2*8-11,23-24H,6-7,12-13H2,1-5H3;6*2-6H,1H2;;/q;;6*-1;+2;+4. The number of phenolic OH excluding ortho intramolecular Hbond substituents is 4. The zero-order chi connectivity index (χ0) is 66.4. The first-order valence-electron chi connectivity index (χ1n) is 30.8. The molecule has 0 aliphatic carbocycles. The van der Waals surface area contributed by atoms with Crippen LogP contribution in [0.15, 0.2) is 231 Å². The van der Waals surface area contributed by atoms with Crippen LogP contribution < -0.4 is 0 Å². The van der Waals surface area contributed by atoms with Gasteiger partial charge in [-0.2, -0.15) is 148 Å². The molecule has 92 heavy (non-hydrogen) atoms. The average Bonchev–Trinajstić information content (AvgIpc) is 1.15. The molecule has 0 spiro atoms. The van der Waals surface area contributed by atoms with Gasteiger partial charge < -0.3 is 20.4 Å². The second kappa shape index (κ2) is 46.4. The topological polar surface area (TPSA) is 87.4 Å². The number of aromatic hydroxyl groups is 4. The summed E-state index contributed by atoms with van der Waals surface area (Å²) in [4.78, 5) is 4.56. The van der Waals surface area contributed by atoms with E-state index in [1.807, 2.05) is 258 Å². The Morgan fingerprint density at radius 3 is 0.543 bits per heavy atom. The van der Waals surface area contributed by atoms with Crippen molar-refractivity contribution in [3.05, 3.63) is 372 Å². The minimum Gasteiger partial charge on any atom is -0.507 e. The summed E-state index contributed by atoms with van der Waals surface area (Å²) in [6, 6.07) is 75.4. The van der Waals surface area contributed by atoms with Gasteiger partial charge in [-0.15, -0.1) is 72.8 Å². The van der Waals surface area contributed by atoms with Crippen molar-refractivity contribution in [1.29, 1.82) is 0 Å². The summed E-state index contributed by atoms with van der Waals surface area (Å²) < 4.78 is 0. The first-order valence-corrected chi connectivity index (χ1v) is 30.8. The minimum atomic E-state index is 0. The van der Waals surface area contributed by atoms with Gasteiger partial charge in [-0.05, 0) is 104 Å². The summed E-state index contributed by atoms with van der Waals surface area (Å²) in [7, 11) is 0. The molecule has 478 valence electrons. The van der Waals surface area contributed by atoms with Crippen molar-refractivity contribution >= 4 is 0 Å². The van der Waals surface area contributed by atoms with Crippen LogP contribution >= 0.6 is 0 Å². The normalized spacial score (nSPS) is 9.78. The van der Waals surface area contributed by atoms with E-state index >= 15 is 0 Å². The van der Waals surface area contributed by atoms with Gasteiger partial charge in [0.25, 0.3) is 0 Å². The SMILES string of the molecule is CCCN(Cc1cc(C)cc(C)c1O)Cc1cc(C)cc(C)c1O.CCCN(Cc1cc(C)cc(C)c1O)Cc1cc(C)cc(C)c1O.[CH2-]c1ccccc1.[CH2-]c1ccccc1.[CH2-]c1ccccc1.[CH2-]c1ccccc1.[CH2-]c1ccccc1.[CH2-]c1ccccc1.[Zr+2].[Zr+4]. The molecule has 6 nitrogen and oxygen atoms in total. The van der Waals surface area contributed by atoms with Crippen molar-refractivity contribution in [1.82, 2.24) is 9.80 Å². The second-order valence-corrected chi connectivity index (χ2v) is 22.7. The molecule has 10 aromatic carbocycles. The Balaban J connectivity index is 0.000000566. The minimum absolute atomic E-state index is 0. The molecular formula is C84H100N2O4Zr2. The summed E-state index contributed by atoms with van der Waals surface area (Å²) in [5, 5.41) is 41.5. The number of nitrogens with zero attached hydrogens (tertiary/aromatic N) is 2. The van der Waals surface area contributed by atoms with Crippen molar-refractivity contribution in [2.45, 2.75) is 108 Å². The molecule has 0 aromatic heterocycles. The Morgan fingerprint density at radius 2 is 0.424 bits per heavy atom. The van der Waals surface area contributed by atoms with Crippen LogP contribution in [-0.2, 0) is 78.6 Å². The molecule has 0 aliphatic heterocycles. The summed E-state index contributed by atoms with van der Waals surface area (Å²) in [6.07, 6.45) is 2.05. The predicted molar refractivity (Wildman–Crippen MR) is 385 cm³/mol. The summed E-state index contributed by atoms with van der Waals surface area (Å²) in [5.74, 6) is 1.52. The maximum Gasteiger partial charge on any atom is 4.00 e. The van der Waals surface area contributed by atoms with Crippen LogP contribution in [0.1, 0.15) is 127 Å². The molecule has 8 heteroatoms. The average molecular weight is 1380 g/mol. The molecule has 10 aromatic rings. The van der Waals surface area contributed by atoms with Crippen LogP contribution in [0.4, 0.5) is 0 Å². The molecule has 0 bridgehead atoms. The Hall–Kier alpha value is -7.69. The molecule has 0 saturated heterocycles. The molecular weight excluding hydrogens is 1280 g/mol. The second-order valence-electron chi connectivity index (χ2n) is 22.7. The molecule has 0 radical (unpaired) electrons. The molecule has 0 fully saturated rings. The van der Waals surface area contributed by atoms with Gasteiger partial charge in [-0.25, -0.2) is 0 Å². The van der Waals surface area contributed by atoms with Gasteiger partial charge in [0.05, 0.1) is 0 Å². The fraction of sp³-hybridized carbons (Fsp3) is 0.214. The van der Waals surface area contributed by atoms with E-state index in [9.17, 15) is 20.4 Å². The van der Waals surface area contributed by atoms with E-state index in [-0.39, 0.29) is 52.4 Å². The van der Waals surface area contributed by atoms with Gasteiger partial charge in [-0.3, -0.25) is 9.80 Å². The molecule has 0 aliphatic rings. The monoisotopic (exact) mass is 1380 g/mol. The van der Waals surface area contributed by atoms with E-state index in [4.69, 9.17) is 0 Å². The number of benzene rings is 10. The van der Waals surface area contributed by atoms with Gasteiger partial charge in [0.1, 0.15) is 23.0 Å². The largest absolute Gasteiger partial charge is 4.00 e. The quantitative estimate of drug-likeness (QED) is 0.0912. The number of rotatable bonds is 12. The van der Waals surface area contributed by atoms with Gasteiger partial charge in [0, 0.05) is 48.4 Å². The third kappa shape index (κ3) is 34.1. The van der Waals surface area contributed by atoms with Crippen LogP contribution in [0, 0.1) is 96.9 Å². The van der Waals surface area contributed by atoms with E-state index in [1.54, 1.807) is 0 Å². The van der Waals surface area contributed by atoms with E-state index in [0.717, 1.165) is 126 Å². The third-order valence-corrected chi connectivity index (χ3v) is 13.8. The van der Waals surface area contributed by atoms with Gasteiger partial charge in [0.15, 0.2) is 0 Å². The third-order valence-electron chi connectivity index (χ3n) is 13.8. The van der Waals surface area contributed by atoms with Crippen molar-refractivity contribution in [2.75, 3.05) is 13.1 Å². The fourth-order valence-corrected chi connectivity index (χ4v) is 9.57. The van der Waals surface area contributed by atoms with Crippen molar-refractivity contribution < 1.29 is 72.8 Å². The van der Waals surface area contributed by atoms with Crippen LogP contribution in [0.3, 0.4) is 0 Å². The number of hydrogen-bond acceptors (Lipinski definition) is 6. The Labute approximate surface area is 594 Å². The number of hydrogen-bond donors (Lipinski definition) is 4. The predicted octanol–water partition coefficient (Wildman–Crippen LogP) is 20.7. The maximum atomic E-state index is 10.4. The van der Waals surface area contributed by atoms with Crippen molar-refractivity contribution in [2.24, 2.45) is 0 Å². The summed E-state index contributed by atoms with van der Waals surface area (Å²) >= 11 is 0. The molecule has 4 N–H and O–H groups in total. The zero-order valence-electron chi connectivity index (χ0n) is 56.5. The number of phenols is 4. The van der Waals surface area contributed by atoms with E-state index in [2.05, 4.69) is 92.9 Å². The van der Waals surface area contributed by atoms with Gasteiger partial charge in [-0.1, -0.05) is 121 Å². The Kier molecular flexibility index (Phi) is 41.5. The van der Waals surface area contributed by atoms with Crippen LogP contribution in [-0.4, -0.2) is 43.3 Å². The molecule has 0 heterocycles. The van der Waals surface area contributed by atoms with Crippen molar-refractivity contribution in [3.63, 3.8) is 0 Å². The zero-order valence-corrected chi connectivity index (χ0v) is 61.4. The van der Waals surface area contributed by atoms with E-state index < -0.39 is 0 Å². The molecule has 10 rings (SSSR count). The first-order chi connectivity index (χ1) is 43.0. The first kappa shape index (κ1) is 82.3. The smallest absolute Gasteiger partial charge is 0.507 e. The van der Waals surface area contributed by atoms with Crippen LogP contribution in [0.5, 0.6) is 23.0 Å². The molecule has 0 unspecified atom stereocenters. The van der Waals surface area contributed by atoms with E-state index in [1.165, 1.54) is 0 Å². The molecule has 0 saturated carbocycles. The number of aryl methyl sites for hydroxylation is 8. The van der Waals surface area contributed by atoms with Crippen molar-refractivity contribution in [3.8, 4) is 23.0 Å². The summed E-state index contributed by atoms with van der Waals surface area (Å²) in [6.45, 7) is 47.1. The van der Waals surface area contributed by atoms with Crippen LogP contribution in [0.2, 0.25) is 0 Å². The Bertz CT molecular complexity index is 3010. The summed E-state index contributed by atoms with van der Waals surface area (Å²) in [5.41, 5.74) is 18.5. The maximum absolute atomic E-state index is 10.4. The van der Waals surface area contributed by atoms with Crippen LogP contribution in [0.25, 0.3) is 0 Å². The van der Waals surface area contributed by atoms with Gasteiger partial charge in [0.2, 0.25) is 0 Å². The molecule has 0 atom stereocenters. The van der Waals surface area contributed by atoms with Gasteiger partial charge >= 0.3 is 52.4 Å².